The molecule has 0 aliphatic carbocycles. The number of benzene rings is 3. The largest absolute Gasteiger partial charge is 0.422 e. The Balaban J connectivity index is 1.58. The molecule has 2 N–H and O–H groups in total. The number of para-hydroxylation sites is 1. The van der Waals surface area contributed by atoms with Crippen LogP contribution >= 0.6 is 11.6 Å². The Morgan fingerprint density at radius 3 is 2.39 bits per heavy atom. The first-order chi connectivity index (χ1) is 14.8. The summed E-state index contributed by atoms with van der Waals surface area (Å²) in [5.41, 5.74) is -0.0646. The van der Waals surface area contributed by atoms with Crippen LogP contribution in [0.25, 0.3) is 11.0 Å². The van der Waals surface area contributed by atoms with Crippen LogP contribution in [0.3, 0.4) is 0 Å². The van der Waals surface area contributed by atoms with Gasteiger partial charge in [0.15, 0.2) is 0 Å². The number of sulfonamides is 1. The van der Waals surface area contributed by atoms with Crippen molar-refractivity contribution in [3.8, 4) is 0 Å². The number of carbonyl (C=O) groups excluding carboxylic acids is 1. The third kappa shape index (κ3) is 4.60. The van der Waals surface area contributed by atoms with Gasteiger partial charge < -0.3 is 9.73 Å². The van der Waals surface area contributed by atoms with Gasteiger partial charge in [0.1, 0.15) is 11.1 Å². The van der Waals surface area contributed by atoms with Gasteiger partial charge in [-0.2, -0.15) is 0 Å². The van der Waals surface area contributed by atoms with Crippen molar-refractivity contribution in [3.63, 3.8) is 0 Å². The molecule has 0 saturated heterocycles. The lowest BCUT2D eigenvalue weighted by atomic mass is 10.1. The average molecular weight is 455 g/mol. The van der Waals surface area contributed by atoms with Crippen molar-refractivity contribution in [2.45, 2.75) is 4.90 Å². The summed E-state index contributed by atoms with van der Waals surface area (Å²) in [6.07, 6.45) is 0. The van der Waals surface area contributed by atoms with E-state index in [0.717, 1.165) is 0 Å². The molecule has 156 valence electrons. The summed E-state index contributed by atoms with van der Waals surface area (Å²) >= 11 is 5.82. The number of nitrogens with one attached hydrogen (secondary N) is 2. The van der Waals surface area contributed by atoms with Gasteiger partial charge in [-0.05, 0) is 54.6 Å². The third-order valence-corrected chi connectivity index (χ3v) is 6.02. The van der Waals surface area contributed by atoms with E-state index < -0.39 is 21.6 Å². The first-order valence-corrected chi connectivity index (χ1v) is 10.9. The SMILES string of the molecule is O=C(Nc1cccc(S(=O)(=O)Nc2ccc(Cl)cc2)c1)c1cc2ccccc2oc1=O. The first-order valence-electron chi connectivity index (χ1n) is 9.04. The van der Waals surface area contributed by atoms with E-state index in [-0.39, 0.29) is 16.1 Å². The van der Waals surface area contributed by atoms with Crippen molar-refractivity contribution in [1.29, 1.82) is 0 Å². The fourth-order valence-corrected chi connectivity index (χ4v) is 4.12. The van der Waals surface area contributed by atoms with E-state index in [0.29, 0.717) is 21.7 Å². The minimum atomic E-state index is -3.91. The molecular weight excluding hydrogens is 440 g/mol. The zero-order valence-corrected chi connectivity index (χ0v) is 17.4. The highest BCUT2D eigenvalue weighted by atomic mass is 35.5. The minimum Gasteiger partial charge on any atom is -0.422 e. The molecule has 4 aromatic rings. The lowest BCUT2D eigenvalue weighted by molar-refractivity contribution is 0.102. The van der Waals surface area contributed by atoms with Gasteiger partial charge in [0.2, 0.25) is 0 Å². The predicted molar refractivity (Wildman–Crippen MR) is 119 cm³/mol. The van der Waals surface area contributed by atoms with Crippen molar-refractivity contribution >= 4 is 49.9 Å². The van der Waals surface area contributed by atoms with Gasteiger partial charge in [-0.15, -0.1) is 0 Å². The highest BCUT2D eigenvalue weighted by Crippen LogP contribution is 2.21. The number of halogens is 1. The Morgan fingerprint density at radius 2 is 1.61 bits per heavy atom. The zero-order valence-electron chi connectivity index (χ0n) is 15.8. The predicted octanol–water partition coefficient (Wildman–Crippen LogP) is 4.50. The van der Waals surface area contributed by atoms with Gasteiger partial charge in [-0.25, -0.2) is 13.2 Å². The van der Waals surface area contributed by atoms with Crippen LogP contribution in [-0.2, 0) is 10.0 Å². The monoisotopic (exact) mass is 454 g/mol. The molecule has 0 aliphatic rings. The molecule has 0 unspecified atom stereocenters. The third-order valence-electron chi connectivity index (χ3n) is 4.38. The van der Waals surface area contributed by atoms with Gasteiger partial charge in [0, 0.05) is 21.8 Å². The van der Waals surface area contributed by atoms with Crippen molar-refractivity contribution in [2.24, 2.45) is 0 Å². The van der Waals surface area contributed by atoms with Crippen molar-refractivity contribution < 1.29 is 17.6 Å². The van der Waals surface area contributed by atoms with E-state index in [9.17, 15) is 18.0 Å². The quantitative estimate of drug-likeness (QED) is 0.432. The summed E-state index contributed by atoms with van der Waals surface area (Å²) in [6, 6.07) is 20.1. The van der Waals surface area contributed by atoms with Gasteiger partial charge >= 0.3 is 5.63 Å². The van der Waals surface area contributed by atoms with Gasteiger partial charge in [-0.1, -0.05) is 35.9 Å². The number of hydrogen-bond donors (Lipinski definition) is 2. The molecule has 0 aliphatic heterocycles. The van der Waals surface area contributed by atoms with E-state index in [1.54, 1.807) is 36.4 Å². The molecule has 1 amide bonds. The summed E-state index contributed by atoms with van der Waals surface area (Å²) in [5.74, 6) is -0.709. The summed E-state index contributed by atoms with van der Waals surface area (Å²) in [5, 5.41) is 3.61. The zero-order chi connectivity index (χ0) is 22.0. The maximum Gasteiger partial charge on any atom is 0.349 e. The van der Waals surface area contributed by atoms with Crippen LogP contribution in [0.1, 0.15) is 10.4 Å². The van der Waals surface area contributed by atoms with E-state index in [1.165, 1.54) is 42.5 Å². The molecule has 0 atom stereocenters. The molecule has 9 heteroatoms. The first kappa shape index (κ1) is 20.6. The minimum absolute atomic E-state index is 0.0641. The molecule has 1 heterocycles. The summed E-state index contributed by atoms with van der Waals surface area (Å²) in [7, 11) is -3.91. The van der Waals surface area contributed by atoms with Crippen LogP contribution < -0.4 is 15.7 Å². The van der Waals surface area contributed by atoms with Gasteiger partial charge in [0.25, 0.3) is 15.9 Å². The van der Waals surface area contributed by atoms with Crippen LogP contribution in [0.2, 0.25) is 5.02 Å². The number of fused-ring (bicyclic) bond motifs is 1. The molecule has 4 rings (SSSR count). The molecule has 7 nitrogen and oxygen atoms in total. The Hall–Kier alpha value is -3.62. The lowest BCUT2D eigenvalue weighted by Crippen LogP contribution is -2.21. The second-order valence-electron chi connectivity index (χ2n) is 6.58. The molecule has 0 fully saturated rings. The van der Waals surface area contributed by atoms with Crippen molar-refractivity contribution in [2.75, 3.05) is 10.0 Å². The molecule has 3 aromatic carbocycles. The Kier molecular flexibility index (Phi) is 5.50. The van der Waals surface area contributed by atoms with Crippen LogP contribution in [-0.4, -0.2) is 14.3 Å². The van der Waals surface area contributed by atoms with E-state index in [4.69, 9.17) is 16.0 Å². The van der Waals surface area contributed by atoms with Crippen LogP contribution in [0.5, 0.6) is 0 Å². The summed E-state index contributed by atoms with van der Waals surface area (Å²) < 4.78 is 33.0. The molecule has 0 bridgehead atoms. The highest BCUT2D eigenvalue weighted by molar-refractivity contribution is 7.92. The number of amides is 1. The lowest BCUT2D eigenvalue weighted by Gasteiger charge is -2.10. The molecule has 0 saturated carbocycles. The maximum atomic E-state index is 12.7. The topological polar surface area (TPSA) is 105 Å². The normalized spacial score (nSPS) is 11.3. The van der Waals surface area contributed by atoms with E-state index in [2.05, 4.69) is 10.0 Å². The smallest absolute Gasteiger partial charge is 0.349 e. The van der Waals surface area contributed by atoms with Crippen molar-refractivity contribution in [1.82, 2.24) is 0 Å². The number of carbonyl (C=O) groups is 1. The summed E-state index contributed by atoms with van der Waals surface area (Å²) in [6.45, 7) is 0. The van der Waals surface area contributed by atoms with Gasteiger partial charge in [-0.3, -0.25) is 9.52 Å². The molecule has 0 radical (unpaired) electrons. The van der Waals surface area contributed by atoms with E-state index >= 15 is 0 Å². The molecule has 31 heavy (non-hydrogen) atoms. The summed E-state index contributed by atoms with van der Waals surface area (Å²) in [4.78, 5) is 24.7. The second kappa shape index (κ2) is 8.25. The second-order valence-corrected chi connectivity index (χ2v) is 8.70. The number of anilines is 2. The fraction of sp³-hybridized carbons (Fsp3) is 0. The van der Waals surface area contributed by atoms with Crippen molar-refractivity contribution in [3.05, 3.63) is 99.9 Å². The highest BCUT2D eigenvalue weighted by Gasteiger charge is 2.17. The Bertz CT molecular complexity index is 1450. The van der Waals surface area contributed by atoms with E-state index in [1.807, 2.05) is 0 Å². The molecule has 1 aromatic heterocycles. The molecular formula is C22H15ClN2O5S. The Labute approximate surface area is 182 Å². The Morgan fingerprint density at radius 1 is 0.871 bits per heavy atom. The number of hydrogen-bond acceptors (Lipinski definition) is 5. The van der Waals surface area contributed by atoms with Gasteiger partial charge in [0.05, 0.1) is 4.90 Å². The van der Waals surface area contributed by atoms with Crippen LogP contribution in [0.15, 0.2) is 93.0 Å². The number of rotatable bonds is 5. The molecule has 0 spiro atoms. The fourth-order valence-electron chi connectivity index (χ4n) is 2.89. The standard InChI is InChI=1S/C22H15ClN2O5S/c23-15-8-10-16(11-9-15)25-31(28,29)18-6-3-5-17(13-18)24-21(26)19-12-14-4-1-2-7-20(14)30-22(19)27/h1-13,25H,(H,24,26). The maximum absolute atomic E-state index is 12.7. The van der Waals surface area contributed by atoms with Crippen LogP contribution in [0.4, 0.5) is 11.4 Å². The average Bonchev–Trinajstić information content (AvgIpc) is 2.75. The van der Waals surface area contributed by atoms with Crippen LogP contribution in [0, 0.1) is 0 Å².